The lowest BCUT2D eigenvalue weighted by Gasteiger charge is -2.31. The highest BCUT2D eigenvalue weighted by atomic mass is 35.5. The van der Waals surface area contributed by atoms with Crippen LogP contribution in [0, 0.1) is 6.92 Å². The van der Waals surface area contributed by atoms with Crippen LogP contribution in [0.15, 0.2) is 35.1 Å². The summed E-state index contributed by atoms with van der Waals surface area (Å²) in [5, 5.41) is 9.32. The van der Waals surface area contributed by atoms with Crippen molar-refractivity contribution in [2.45, 2.75) is 38.5 Å². The number of nitrogens with one attached hydrogen (secondary N) is 1. The predicted molar refractivity (Wildman–Crippen MR) is 130 cm³/mol. The van der Waals surface area contributed by atoms with Gasteiger partial charge in [0.05, 0.1) is 11.0 Å². The number of carbonyl (C=O) groups is 1. The van der Waals surface area contributed by atoms with Crippen molar-refractivity contribution in [1.82, 2.24) is 19.6 Å². The molecule has 9 heteroatoms. The van der Waals surface area contributed by atoms with E-state index < -0.39 is 0 Å². The number of hydrogen-bond donors (Lipinski definition) is 1. The van der Waals surface area contributed by atoms with Crippen molar-refractivity contribution in [2.24, 2.45) is 0 Å². The maximum atomic E-state index is 13.6. The van der Waals surface area contributed by atoms with Crippen LogP contribution in [0.5, 0.6) is 0 Å². The highest BCUT2D eigenvalue weighted by molar-refractivity contribution is 6.30. The van der Waals surface area contributed by atoms with Gasteiger partial charge in [0.25, 0.3) is 11.5 Å². The molecule has 174 valence electrons. The standard InChI is InChI=1S/C25H24ClN5O3/c1-14-11-20-18(13-17(14)23(33)30-8-5-15-12-16(26)3-4-19(15)30)27-22(32)21-28-29-24(31(20)21)25(2)6-9-34-10-7-25/h3-4,11-13H,5-10H2,1-2H3,(H,27,32). The Hall–Kier alpha value is -3.23. The second-order valence-corrected chi connectivity index (χ2v) is 9.91. The lowest BCUT2D eigenvalue weighted by Crippen LogP contribution is -2.33. The van der Waals surface area contributed by atoms with E-state index in [2.05, 4.69) is 22.1 Å². The summed E-state index contributed by atoms with van der Waals surface area (Å²) < 4.78 is 7.41. The Kier molecular flexibility index (Phi) is 4.79. The molecule has 1 fully saturated rings. The Bertz CT molecular complexity index is 1530. The molecule has 2 aromatic carbocycles. The second-order valence-electron chi connectivity index (χ2n) is 9.47. The predicted octanol–water partition coefficient (Wildman–Crippen LogP) is 3.80. The zero-order chi connectivity index (χ0) is 23.6. The minimum Gasteiger partial charge on any atom is -0.381 e. The number of amides is 1. The number of aromatic nitrogens is 4. The number of nitrogens with zero attached hydrogens (tertiary/aromatic N) is 4. The van der Waals surface area contributed by atoms with E-state index in [4.69, 9.17) is 16.3 Å². The minimum atomic E-state index is -0.328. The molecule has 0 saturated carbocycles. The number of hydrogen-bond acceptors (Lipinski definition) is 5. The monoisotopic (exact) mass is 477 g/mol. The molecule has 0 spiro atoms. The number of H-pyrrole nitrogens is 1. The molecule has 2 aliphatic heterocycles. The van der Waals surface area contributed by atoms with Gasteiger partial charge in [0, 0.05) is 41.4 Å². The van der Waals surface area contributed by atoms with Gasteiger partial charge in [-0.3, -0.25) is 14.0 Å². The van der Waals surface area contributed by atoms with E-state index in [1.165, 1.54) is 0 Å². The molecule has 4 aromatic rings. The summed E-state index contributed by atoms with van der Waals surface area (Å²) in [6.07, 6.45) is 2.37. The summed E-state index contributed by atoms with van der Waals surface area (Å²) >= 11 is 6.13. The molecular formula is C25H24ClN5O3. The van der Waals surface area contributed by atoms with Crippen LogP contribution in [0.4, 0.5) is 5.69 Å². The third-order valence-electron chi connectivity index (χ3n) is 7.25. The highest BCUT2D eigenvalue weighted by Gasteiger charge is 2.35. The molecular weight excluding hydrogens is 454 g/mol. The minimum absolute atomic E-state index is 0.0956. The zero-order valence-electron chi connectivity index (χ0n) is 19.0. The van der Waals surface area contributed by atoms with Crippen LogP contribution in [-0.4, -0.2) is 45.2 Å². The topological polar surface area (TPSA) is 92.6 Å². The number of aromatic amines is 1. The Morgan fingerprint density at radius 2 is 1.97 bits per heavy atom. The maximum absolute atomic E-state index is 13.6. The molecule has 8 nitrogen and oxygen atoms in total. The van der Waals surface area contributed by atoms with Gasteiger partial charge in [-0.25, -0.2) is 0 Å². The Morgan fingerprint density at radius 3 is 2.76 bits per heavy atom. The van der Waals surface area contributed by atoms with Gasteiger partial charge in [0.2, 0.25) is 5.65 Å². The summed E-state index contributed by atoms with van der Waals surface area (Å²) in [6, 6.07) is 9.33. The van der Waals surface area contributed by atoms with Crippen molar-refractivity contribution in [1.29, 1.82) is 0 Å². The van der Waals surface area contributed by atoms with Crippen molar-refractivity contribution in [2.75, 3.05) is 24.7 Å². The van der Waals surface area contributed by atoms with Gasteiger partial charge in [-0.1, -0.05) is 18.5 Å². The molecule has 0 unspecified atom stereocenters. The molecule has 1 saturated heterocycles. The Labute approximate surface area is 200 Å². The molecule has 1 amide bonds. The third kappa shape index (κ3) is 3.16. The summed E-state index contributed by atoms with van der Waals surface area (Å²) in [6.45, 7) is 5.94. The average Bonchev–Trinajstić information content (AvgIpc) is 3.45. The van der Waals surface area contributed by atoms with Crippen LogP contribution < -0.4 is 10.5 Å². The first-order chi connectivity index (χ1) is 16.4. The first kappa shape index (κ1) is 21.3. The molecule has 4 heterocycles. The lowest BCUT2D eigenvalue weighted by atomic mass is 9.81. The van der Waals surface area contributed by atoms with Crippen LogP contribution in [0.2, 0.25) is 5.02 Å². The zero-order valence-corrected chi connectivity index (χ0v) is 19.8. The van der Waals surface area contributed by atoms with Gasteiger partial charge in [-0.05, 0) is 67.6 Å². The molecule has 0 aliphatic carbocycles. The van der Waals surface area contributed by atoms with Gasteiger partial charge in [0.15, 0.2) is 0 Å². The number of fused-ring (bicyclic) bond motifs is 4. The van der Waals surface area contributed by atoms with Crippen molar-refractivity contribution in [3.8, 4) is 0 Å². The molecule has 0 radical (unpaired) electrons. The van der Waals surface area contributed by atoms with Crippen LogP contribution in [0.1, 0.15) is 47.1 Å². The molecule has 6 rings (SSSR count). The molecule has 0 bridgehead atoms. The summed E-state index contributed by atoms with van der Waals surface area (Å²) in [4.78, 5) is 31.2. The van der Waals surface area contributed by atoms with Gasteiger partial charge in [-0.15, -0.1) is 10.2 Å². The first-order valence-electron chi connectivity index (χ1n) is 11.5. The number of carbonyl (C=O) groups excluding carboxylic acids is 1. The quantitative estimate of drug-likeness (QED) is 0.474. The SMILES string of the molecule is Cc1cc2c(cc1C(=O)N1CCc3cc(Cl)ccc31)[nH]c(=O)c1nnc(C3(C)CCOCC3)n12. The summed E-state index contributed by atoms with van der Waals surface area (Å²) in [7, 11) is 0. The summed E-state index contributed by atoms with van der Waals surface area (Å²) in [5.74, 6) is 0.660. The van der Waals surface area contributed by atoms with Crippen LogP contribution in [0.25, 0.3) is 16.7 Å². The Balaban J connectivity index is 1.50. The number of aryl methyl sites for hydroxylation is 1. The second kappa shape index (κ2) is 7.65. The molecule has 0 atom stereocenters. The van der Waals surface area contributed by atoms with E-state index in [1.807, 2.05) is 29.5 Å². The molecule has 34 heavy (non-hydrogen) atoms. The van der Waals surface area contributed by atoms with Crippen molar-refractivity contribution in [3.05, 3.63) is 68.2 Å². The number of rotatable bonds is 2. The highest BCUT2D eigenvalue weighted by Crippen LogP contribution is 2.35. The van der Waals surface area contributed by atoms with Gasteiger partial charge >= 0.3 is 0 Å². The third-order valence-corrected chi connectivity index (χ3v) is 7.48. The van der Waals surface area contributed by atoms with E-state index in [0.717, 1.165) is 47.4 Å². The van der Waals surface area contributed by atoms with Crippen molar-refractivity contribution >= 4 is 39.9 Å². The number of benzene rings is 2. The normalized spacial score (nSPS) is 17.4. The Morgan fingerprint density at radius 1 is 1.18 bits per heavy atom. The van der Waals surface area contributed by atoms with Crippen molar-refractivity contribution in [3.63, 3.8) is 0 Å². The van der Waals surface area contributed by atoms with Crippen molar-refractivity contribution < 1.29 is 9.53 Å². The number of ether oxygens (including phenoxy) is 1. The van der Waals surface area contributed by atoms with E-state index in [9.17, 15) is 9.59 Å². The van der Waals surface area contributed by atoms with Gasteiger partial charge < -0.3 is 14.6 Å². The average molecular weight is 478 g/mol. The fraction of sp³-hybridized carbons (Fsp3) is 0.360. The van der Waals surface area contributed by atoms with Gasteiger partial charge in [-0.2, -0.15) is 0 Å². The van der Waals surface area contributed by atoms with Gasteiger partial charge in [0.1, 0.15) is 5.82 Å². The lowest BCUT2D eigenvalue weighted by molar-refractivity contribution is 0.0533. The van der Waals surface area contributed by atoms with E-state index in [1.54, 1.807) is 17.0 Å². The molecule has 2 aromatic heterocycles. The largest absolute Gasteiger partial charge is 0.381 e. The molecule has 1 N–H and O–H groups in total. The number of anilines is 1. The fourth-order valence-electron chi connectivity index (χ4n) is 5.21. The smallest absolute Gasteiger partial charge is 0.294 e. The van der Waals surface area contributed by atoms with E-state index in [0.29, 0.717) is 35.9 Å². The van der Waals surface area contributed by atoms with Crippen LogP contribution in [0.3, 0.4) is 0 Å². The van der Waals surface area contributed by atoms with E-state index >= 15 is 0 Å². The van der Waals surface area contributed by atoms with E-state index in [-0.39, 0.29) is 22.5 Å². The van der Waals surface area contributed by atoms with Crippen LogP contribution >= 0.6 is 11.6 Å². The first-order valence-corrected chi connectivity index (χ1v) is 11.8. The van der Waals surface area contributed by atoms with Crippen LogP contribution in [-0.2, 0) is 16.6 Å². The molecule has 2 aliphatic rings. The number of halogens is 1. The fourth-order valence-corrected chi connectivity index (χ4v) is 5.40. The maximum Gasteiger partial charge on any atom is 0.294 e. The summed E-state index contributed by atoms with van der Waals surface area (Å²) in [5.41, 5.74) is 4.37.